The molecule has 106 valence electrons. The van der Waals surface area contributed by atoms with Crippen LogP contribution in [0, 0.1) is 0 Å². The van der Waals surface area contributed by atoms with Crippen LogP contribution in [0.15, 0.2) is 24.3 Å². The Bertz CT molecular complexity index is 410. The van der Waals surface area contributed by atoms with Crippen LogP contribution in [0.2, 0.25) is 0 Å². The lowest BCUT2D eigenvalue weighted by Crippen LogP contribution is -2.26. The Morgan fingerprint density at radius 2 is 1.95 bits per heavy atom. The Hall–Kier alpha value is -1.55. The first kappa shape index (κ1) is 15.5. The lowest BCUT2D eigenvalue weighted by molar-refractivity contribution is -0.154. The van der Waals surface area contributed by atoms with Crippen molar-refractivity contribution in [3.8, 4) is 5.75 Å². The van der Waals surface area contributed by atoms with Gasteiger partial charge in [0.1, 0.15) is 11.4 Å². The van der Waals surface area contributed by atoms with E-state index in [1.165, 1.54) is 0 Å². The van der Waals surface area contributed by atoms with E-state index in [4.69, 9.17) is 9.47 Å². The predicted octanol–water partition coefficient (Wildman–Crippen LogP) is 2.52. The van der Waals surface area contributed by atoms with E-state index in [1.807, 2.05) is 45.0 Å². The van der Waals surface area contributed by atoms with E-state index in [-0.39, 0.29) is 5.97 Å². The zero-order valence-electron chi connectivity index (χ0n) is 12.2. The molecule has 4 nitrogen and oxygen atoms in total. The Kier molecular flexibility index (Phi) is 5.83. The van der Waals surface area contributed by atoms with Gasteiger partial charge in [-0.15, -0.1) is 0 Å². The molecule has 1 aromatic carbocycles. The Morgan fingerprint density at radius 3 is 2.58 bits per heavy atom. The summed E-state index contributed by atoms with van der Waals surface area (Å²) in [6.07, 6.45) is 0.367. The Morgan fingerprint density at radius 1 is 1.26 bits per heavy atom. The summed E-state index contributed by atoms with van der Waals surface area (Å²) in [7, 11) is 1.65. The number of carbonyl (C=O) groups is 1. The van der Waals surface area contributed by atoms with Crippen molar-refractivity contribution in [1.29, 1.82) is 0 Å². The van der Waals surface area contributed by atoms with Crippen LogP contribution in [0.3, 0.4) is 0 Å². The van der Waals surface area contributed by atoms with Crippen molar-refractivity contribution in [3.63, 3.8) is 0 Å². The SMILES string of the molecule is COc1ccccc1CNCCC(=O)OC(C)(C)C. The fourth-order valence-corrected chi connectivity index (χ4v) is 1.66. The third-order valence-corrected chi connectivity index (χ3v) is 2.43. The summed E-state index contributed by atoms with van der Waals surface area (Å²) in [6.45, 7) is 6.87. The number of ether oxygens (including phenoxy) is 2. The van der Waals surface area contributed by atoms with Gasteiger partial charge in [0.2, 0.25) is 0 Å². The summed E-state index contributed by atoms with van der Waals surface area (Å²) in [6, 6.07) is 7.82. The van der Waals surface area contributed by atoms with Crippen molar-refractivity contribution in [2.45, 2.75) is 39.3 Å². The molecule has 4 heteroatoms. The molecule has 0 aliphatic rings. The van der Waals surface area contributed by atoms with Gasteiger partial charge in [-0.05, 0) is 26.8 Å². The second-order valence-electron chi connectivity index (χ2n) is 5.33. The minimum absolute atomic E-state index is 0.181. The van der Waals surface area contributed by atoms with Crippen LogP contribution in [0.1, 0.15) is 32.8 Å². The van der Waals surface area contributed by atoms with Gasteiger partial charge in [0, 0.05) is 18.7 Å². The second-order valence-corrected chi connectivity index (χ2v) is 5.33. The summed E-state index contributed by atoms with van der Waals surface area (Å²) in [5.41, 5.74) is 0.661. The molecule has 1 aromatic rings. The standard InChI is InChI=1S/C15H23NO3/c1-15(2,3)19-14(17)9-10-16-11-12-7-5-6-8-13(12)18-4/h5-8,16H,9-11H2,1-4H3. The molecule has 0 spiro atoms. The average molecular weight is 265 g/mol. The van der Waals surface area contributed by atoms with Crippen molar-refractivity contribution in [3.05, 3.63) is 29.8 Å². The van der Waals surface area contributed by atoms with Gasteiger partial charge in [-0.3, -0.25) is 4.79 Å². The van der Waals surface area contributed by atoms with Crippen LogP contribution >= 0.6 is 0 Å². The van der Waals surface area contributed by atoms with E-state index in [1.54, 1.807) is 7.11 Å². The molecule has 0 atom stereocenters. The molecule has 0 radical (unpaired) electrons. The predicted molar refractivity (Wildman–Crippen MR) is 75.2 cm³/mol. The number of methoxy groups -OCH3 is 1. The molecule has 0 aromatic heterocycles. The lowest BCUT2D eigenvalue weighted by atomic mass is 10.2. The first-order chi connectivity index (χ1) is 8.92. The van der Waals surface area contributed by atoms with Gasteiger partial charge in [-0.2, -0.15) is 0 Å². The molecule has 0 saturated carbocycles. The number of hydrogen-bond acceptors (Lipinski definition) is 4. The molecule has 0 unspecified atom stereocenters. The highest BCUT2D eigenvalue weighted by molar-refractivity contribution is 5.70. The van der Waals surface area contributed by atoms with Gasteiger partial charge in [0.05, 0.1) is 13.5 Å². The fourth-order valence-electron chi connectivity index (χ4n) is 1.66. The lowest BCUT2D eigenvalue weighted by Gasteiger charge is -2.19. The third-order valence-electron chi connectivity index (χ3n) is 2.43. The molecular weight excluding hydrogens is 242 g/mol. The summed E-state index contributed by atoms with van der Waals surface area (Å²) in [5, 5.41) is 3.21. The van der Waals surface area contributed by atoms with Crippen molar-refractivity contribution < 1.29 is 14.3 Å². The van der Waals surface area contributed by atoms with E-state index in [9.17, 15) is 4.79 Å². The Balaban J connectivity index is 2.29. The van der Waals surface area contributed by atoms with Crippen LogP contribution in [-0.4, -0.2) is 25.2 Å². The summed E-state index contributed by atoms with van der Waals surface area (Å²) >= 11 is 0. The van der Waals surface area contributed by atoms with E-state index in [2.05, 4.69) is 5.32 Å². The zero-order chi connectivity index (χ0) is 14.3. The van der Waals surface area contributed by atoms with Crippen molar-refractivity contribution >= 4 is 5.97 Å². The van der Waals surface area contributed by atoms with Crippen LogP contribution < -0.4 is 10.1 Å². The monoisotopic (exact) mass is 265 g/mol. The number of nitrogens with one attached hydrogen (secondary N) is 1. The highest BCUT2D eigenvalue weighted by Gasteiger charge is 2.15. The summed E-state index contributed by atoms with van der Waals surface area (Å²) in [4.78, 5) is 11.5. The minimum atomic E-state index is -0.417. The largest absolute Gasteiger partial charge is 0.496 e. The third kappa shape index (κ3) is 6.25. The molecule has 0 aliphatic heterocycles. The van der Waals surface area contributed by atoms with Gasteiger partial charge in [0.25, 0.3) is 0 Å². The number of benzene rings is 1. The second kappa shape index (κ2) is 7.14. The first-order valence-electron chi connectivity index (χ1n) is 6.47. The molecule has 0 bridgehead atoms. The molecule has 0 aliphatic carbocycles. The van der Waals surface area contributed by atoms with E-state index in [0.29, 0.717) is 19.5 Å². The quantitative estimate of drug-likeness (QED) is 0.634. The molecular formula is C15H23NO3. The number of esters is 1. The maximum absolute atomic E-state index is 11.5. The van der Waals surface area contributed by atoms with E-state index >= 15 is 0 Å². The van der Waals surface area contributed by atoms with Crippen LogP contribution in [0.25, 0.3) is 0 Å². The smallest absolute Gasteiger partial charge is 0.307 e. The van der Waals surface area contributed by atoms with Gasteiger partial charge < -0.3 is 14.8 Å². The van der Waals surface area contributed by atoms with Gasteiger partial charge in [-0.25, -0.2) is 0 Å². The molecule has 1 N–H and O–H groups in total. The molecule has 0 amide bonds. The number of carbonyl (C=O) groups excluding carboxylic acids is 1. The molecule has 19 heavy (non-hydrogen) atoms. The fraction of sp³-hybridized carbons (Fsp3) is 0.533. The number of rotatable bonds is 6. The average Bonchev–Trinajstić information content (AvgIpc) is 2.33. The topological polar surface area (TPSA) is 47.6 Å². The van der Waals surface area contributed by atoms with Crippen molar-refractivity contribution in [2.75, 3.05) is 13.7 Å². The summed E-state index contributed by atoms with van der Waals surface area (Å²) in [5.74, 6) is 0.673. The summed E-state index contributed by atoms with van der Waals surface area (Å²) < 4.78 is 10.5. The zero-order valence-corrected chi connectivity index (χ0v) is 12.2. The maximum Gasteiger partial charge on any atom is 0.307 e. The van der Waals surface area contributed by atoms with Crippen LogP contribution in [0.4, 0.5) is 0 Å². The molecule has 0 heterocycles. The minimum Gasteiger partial charge on any atom is -0.496 e. The first-order valence-corrected chi connectivity index (χ1v) is 6.47. The van der Waals surface area contributed by atoms with Crippen LogP contribution in [-0.2, 0) is 16.1 Å². The van der Waals surface area contributed by atoms with Crippen molar-refractivity contribution in [2.24, 2.45) is 0 Å². The Labute approximate surface area is 115 Å². The number of hydrogen-bond donors (Lipinski definition) is 1. The van der Waals surface area contributed by atoms with Crippen molar-refractivity contribution in [1.82, 2.24) is 5.32 Å². The maximum atomic E-state index is 11.5. The van der Waals surface area contributed by atoms with Crippen LogP contribution in [0.5, 0.6) is 5.75 Å². The van der Waals surface area contributed by atoms with Gasteiger partial charge >= 0.3 is 5.97 Å². The molecule has 1 rings (SSSR count). The number of para-hydroxylation sites is 1. The highest BCUT2D eigenvalue weighted by Crippen LogP contribution is 2.16. The van der Waals surface area contributed by atoms with Gasteiger partial charge in [-0.1, -0.05) is 18.2 Å². The molecule has 0 saturated heterocycles. The highest BCUT2D eigenvalue weighted by atomic mass is 16.6. The molecule has 0 fully saturated rings. The van der Waals surface area contributed by atoms with E-state index < -0.39 is 5.60 Å². The normalized spacial score (nSPS) is 11.2. The van der Waals surface area contributed by atoms with Gasteiger partial charge in [0.15, 0.2) is 0 Å². The van der Waals surface area contributed by atoms with E-state index in [0.717, 1.165) is 11.3 Å².